The minimum absolute atomic E-state index is 0.518. The average molecular weight is 296 g/mol. The van der Waals surface area contributed by atoms with Gasteiger partial charge in [-0.05, 0) is 19.1 Å². The van der Waals surface area contributed by atoms with Crippen LogP contribution in [0.15, 0.2) is 48.0 Å². The van der Waals surface area contributed by atoms with Crippen molar-refractivity contribution in [1.29, 1.82) is 0 Å². The number of thiazole rings is 1. The summed E-state index contributed by atoms with van der Waals surface area (Å²) in [6, 6.07) is 12.4. The number of hydrogen-bond donors (Lipinski definition) is 0. The first kappa shape index (κ1) is 13.9. The van der Waals surface area contributed by atoms with Crippen LogP contribution in [0.2, 0.25) is 0 Å². The molecule has 21 heavy (non-hydrogen) atoms. The predicted molar refractivity (Wildman–Crippen MR) is 86.2 cm³/mol. The van der Waals surface area contributed by atoms with Crippen molar-refractivity contribution >= 4 is 11.3 Å². The van der Waals surface area contributed by atoms with Gasteiger partial charge >= 0.3 is 0 Å². The monoisotopic (exact) mass is 296 g/mol. The van der Waals surface area contributed by atoms with Crippen LogP contribution in [-0.4, -0.2) is 17.1 Å². The molecule has 0 aliphatic rings. The maximum Gasteiger partial charge on any atom is 0.124 e. The van der Waals surface area contributed by atoms with Gasteiger partial charge in [0.25, 0.3) is 0 Å². The fourth-order valence-corrected chi connectivity index (χ4v) is 2.93. The Hall–Kier alpha value is -2.04. The molecule has 0 saturated carbocycles. The molecular formula is C17H16N2OS. The number of rotatable bonds is 4. The highest BCUT2D eigenvalue weighted by Crippen LogP contribution is 2.29. The van der Waals surface area contributed by atoms with Crippen LogP contribution in [0, 0.1) is 6.92 Å². The van der Waals surface area contributed by atoms with Crippen molar-refractivity contribution in [1.82, 2.24) is 9.97 Å². The van der Waals surface area contributed by atoms with Gasteiger partial charge in [0.1, 0.15) is 5.01 Å². The van der Waals surface area contributed by atoms with Gasteiger partial charge < -0.3 is 4.74 Å². The lowest BCUT2D eigenvalue weighted by Gasteiger charge is -2.01. The van der Waals surface area contributed by atoms with E-state index in [4.69, 9.17) is 9.72 Å². The number of pyridine rings is 1. The van der Waals surface area contributed by atoms with Gasteiger partial charge in [-0.15, -0.1) is 11.3 Å². The van der Waals surface area contributed by atoms with Crippen LogP contribution >= 0.6 is 11.3 Å². The first-order valence-electron chi connectivity index (χ1n) is 6.73. The van der Waals surface area contributed by atoms with Crippen LogP contribution in [0.1, 0.15) is 11.3 Å². The van der Waals surface area contributed by atoms with E-state index in [0.717, 1.165) is 27.5 Å². The number of aromatic nitrogens is 2. The number of methoxy groups -OCH3 is 1. The molecule has 106 valence electrons. The second kappa shape index (κ2) is 6.16. The van der Waals surface area contributed by atoms with Gasteiger partial charge in [0, 0.05) is 29.8 Å². The lowest BCUT2D eigenvalue weighted by Crippen LogP contribution is -1.92. The summed E-state index contributed by atoms with van der Waals surface area (Å²) in [5.41, 5.74) is 5.42. The highest BCUT2D eigenvalue weighted by Gasteiger charge is 2.07. The normalized spacial score (nSPS) is 10.8. The minimum Gasteiger partial charge on any atom is -0.378 e. The maximum atomic E-state index is 5.12. The summed E-state index contributed by atoms with van der Waals surface area (Å²) in [5, 5.41) is 3.10. The van der Waals surface area contributed by atoms with E-state index in [0.29, 0.717) is 6.61 Å². The third-order valence-corrected chi connectivity index (χ3v) is 4.10. The van der Waals surface area contributed by atoms with Crippen molar-refractivity contribution in [3.63, 3.8) is 0 Å². The van der Waals surface area contributed by atoms with Crippen LogP contribution in [0.5, 0.6) is 0 Å². The molecule has 0 saturated heterocycles. The first-order chi connectivity index (χ1) is 10.3. The summed E-state index contributed by atoms with van der Waals surface area (Å²) in [6.07, 6.45) is 1.80. The van der Waals surface area contributed by atoms with Crippen molar-refractivity contribution < 1.29 is 4.74 Å². The Morgan fingerprint density at radius 3 is 2.67 bits per heavy atom. The maximum absolute atomic E-state index is 5.12. The van der Waals surface area contributed by atoms with E-state index in [-0.39, 0.29) is 0 Å². The molecular weight excluding hydrogens is 280 g/mol. The van der Waals surface area contributed by atoms with Crippen LogP contribution in [0.3, 0.4) is 0 Å². The molecule has 0 unspecified atom stereocenters. The Labute approximate surface area is 128 Å². The molecule has 1 aromatic carbocycles. The molecule has 0 radical (unpaired) electrons. The third kappa shape index (κ3) is 3.17. The van der Waals surface area contributed by atoms with Gasteiger partial charge in [0.2, 0.25) is 0 Å². The molecule has 0 spiro atoms. The van der Waals surface area contributed by atoms with Crippen molar-refractivity contribution in [2.45, 2.75) is 13.5 Å². The van der Waals surface area contributed by atoms with Crippen molar-refractivity contribution in [2.24, 2.45) is 0 Å². The highest BCUT2D eigenvalue weighted by atomic mass is 32.1. The molecule has 0 aliphatic carbocycles. The van der Waals surface area contributed by atoms with Gasteiger partial charge in [-0.3, -0.25) is 4.98 Å². The second-order valence-corrected chi connectivity index (χ2v) is 5.73. The van der Waals surface area contributed by atoms with Crippen LogP contribution < -0.4 is 0 Å². The lowest BCUT2D eigenvalue weighted by molar-refractivity contribution is 0.181. The topological polar surface area (TPSA) is 35.0 Å². The molecule has 0 N–H and O–H groups in total. The summed E-state index contributed by atoms with van der Waals surface area (Å²) in [5.74, 6) is 0. The molecule has 3 rings (SSSR count). The zero-order valence-electron chi connectivity index (χ0n) is 12.0. The fourth-order valence-electron chi connectivity index (χ4n) is 2.10. The molecule has 0 atom stereocenters. The molecule has 0 aliphatic heterocycles. The van der Waals surface area contributed by atoms with E-state index in [9.17, 15) is 0 Å². The molecule has 3 aromatic rings. The van der Waals surface area contributed by atoms with Crippen molar-refractivity contribution in [3.8, 4) is 21.8 Å². The van der Waals surface area contributed by atoms with Crippen LogP contribution in [-0.2, 0) is 11.3 Å². The lowest BCUT2D eigenvalue weighted by atomic mass is 10.1. The third-order valence-electron chi connectivity index (χ3n) is 3.21. The largest absolute Gasteiger partial charge is 0.378 e. The summed E-state index contributed by atoms with van der Waals surface area (Å²) >= 11 is 1.65. The van der Waals surface area contributed by atoms with E-state index in [1.165, 1.54) is 5.56 Å². The summed E-state index contributed by atoms with van der Waals surface area (Å²) in [7, 11) is 1.67. The van der Waals surface area contributed by atoms with Gasteiger partial charge in [-0.2, -0.15) is 0 Å². The average Bonchev–Trinajstić information content (AvgIpc) is 2.98. The zero-order valence-corrected chi connectivity index (χ0v) is 12.9. The molecule has 3 nitrogen and oxygen atoms in total. The second-order valence-electron chi connectivity index (χ2n) is 4.87. The molecule has 0 bridgehead atoms. The highest BCUT2D eigenvalue weighted by molar-refractivity contribution is 7.13. The van der Waals surface area contributed by atoms with E-state index in [2.05, 4.69) is 41.6 Å². The smallest absolute Gasteiger partial charge is 0.124 e. The predicted octanol–water partition coefficient (Wildman–Crippen LogP) is 4.33. The summed E-state index contributed by atoms with van der Waals surface area (Å²) in [6.45, 7) is 2.61. The van der Waals surface area contributed by atoms with Gasteiger partial charge in [-0.25, -0.2) is 4.98 Å². The number of nitrogens with zero attached hydrogens (tertiary/aromatic N) is 2. The molecule has 0 amide bonds. The Kier molecular flexibility index (Phi) is 4.08. The van der Waals surface area contributed by atoms with Gasteiger partial charge in [0.15, 0.2) is 0 Å². The van der Waals surface area contributed by atoms with Crippen molar-refractivity contribution in [3.05, 3.63) is 59.2 Å². The molecule has 0 fully saturated rings. The quantitative estimate of drug-likeness (QED) is 0.719. The molecule has 4 heteroatoms. The number of benzene rings is 1. The summed E-state index contributed by atoms with van der Waals surface area (Å²) in [4.78, 5) is 9.01. The summed E-state index contributed by atoms with van der Waals surface area (Å²) < 4.78 is 5.12. The van der Waals surface area contributed by atoms with Gasteiger partial charge in [0.05, 0.1) is 18.0 Å². The van der Waals surface area contributed by atoms with Gasteiger partial charge in [-0.1, -0.05) is 29.8 Å². The Balaban J connectivity index is 1.91. The van der Waals surface area contributed by atoms with Crippen LogP contribution in [0.25, 0.3) is 21.8 Å². The van der Waals surface area contributed by atoms with E-state index in [1.54, 1.807) is 24.6 Å². The number of aryl methyl sites for hydroxylation is 1. The van der Waals surface area contributed by atoms with E-state index in [1.807, 2.05) is 12.1 Å². The van der Waals surface area contributed by atoms with Crippen molar-refractivity contribution in [2.75, 3.05) is 7.11 Å². The zero-order chi connectivity index (χ0) is 14.7. The Bertz CT molecular complexity index is 735. The van der Waals surface area contributed by atoms with Crippen LogP contribution in [0.4, 0.5) is 0 Å². The molecule has 2 aromatic heterocycles. The first-order valence-corrected chi connectivity index (χ1v) is 7.61. The Morgan fingerprint density at radius 2 is 1.90 bits per heavy atom. The SMILES string of the molecule is COCc1cc(-c2nc(-c3ccc(C)cc3)cs2)ccn1. The number of ether oxygens (including phenoxy) is 1. The molecule has 2 heterocycles. The number of hydrogen-bond acceptors (Lipinski definition) is 4. The Morgan fingerprint density at radius 1 is 1.10 bits per heavy atom. The van der Waals surface area contributed by atoms with E-state index < -0.39 is 0 Å². The fraction of sp³-hybridized carbons (Fsp3) is 0.176. The van der Waals surface area contributed by atoms with E-state index >= 15 is 0 Å². The standard InChI is InChI=1S/C17H16N2OS/c1-12-3-5-13(6-4-12)16-11-21-17(19-16)14-7-8-18-15(9-14)10-20-2/h3-9,11H,10H2,1-2H3. The minimum atomic E-state index is 0.518.